The highest BCUT2D eigenvalue weighted by Crippen LogP contribution is 2.35. The largest absolute Gasteiger partial charge is 0.380 e. The summed E-state index contributed by atoms with van der Waals surface area (Å²) in [6, 6.07) is 13.6. The van der Waals surface area contributed by atoms with Crippen molar-refractivity contribution in [1.29, 1.82) is 0 Å². The van der Waals surface area contributed by atoms with E-state index in [2.05, 4.69) is 9.88 Å². The van der Waals surface area contributed by atoms with E-state index in [1.807, 2.05) is 42.6 Å². The number of rotatable bonds is 0. The highest BCUT2D eigenvalue weighted by molar-refractivity contribution is 5.82. The molecule has 2 aromatic carbocycles. The molecule has 3 nitrogen and oxygen atoms in total. The Labute approximate surface area is 126 Å². The molecule has 3 heterocycles. The number of aryl methyl sites for hydroxylation is 1. The van der Waals surface area contributed by atoms with Gasteiger partial charge in [-0.1, -0.05) is 30.3 Å². The van der Waals surface area contributed by atoms with Crippen LogP contribution in [0.5, 0.6) is 0 Å². The molecule has 5 rings (SSSR count). The van der Waals surface area contributed by atoms with E-state index in [0.29, 0.717) is 5.56 Å². The van der Waals surface area contributed by atoms with Crippen molar-refractivity contribution in [2.45, 2.75) is 19.3 Å². The summed E-state index contributed by atoms with van der Waals surface area (Å²) in [5.41, 5.74) is 3.39. The minimum atomic E-state index is -2.15. The Morgan fingerprint density at radius 1 is 1.24 bits per heavy atom. The zero-order valence-electron chi connectivity index (χ0n) is 14.3. The van der Waals surface area contributed by atoms with Crippen molar-refractivity contribution in [2.24, 2.45) is 0 Å². The number of hydrogen-bond acceptors (Lipinski definition) is 2. The number of para-hydroxylation sites is 2. The number of hydrogen-bond donors (Lipinski definition) is 1. The molecule has 0 saturated carbocycles. The Kier molecular flexibility index (Phi) is 1.55. The van der Waals surface area contributed by atoms with Crippen LogP contribution in [0.25, 0.3) is 22.9 Å². The summed E-state index contributed by atoms with van der Waals surface area (Å²) in [6.45, 7) is -2.15. The van der Waals surface area contributed by atoms with Gasteiger partial charge in [-0.15, -0.1) is 0 Å². The van der Waals surface area contributed by atoms with Gasteiger partial charge in [-0.05, 0) is 29.8 Å². The highest BCUT2D eigenvalue weighted by Gasteiger charge is 2.31. The summed E-state index contributed by atoms with van der Waals surface area (Å²) in [4.78, 5) is 4.76. The molecule has 2 bridgehead atoms. The van der Waals surface area contributed by atoms with Gasteiger partial charge in [-0.25, -0.2) is 4.98 Å². The molecular weight excluding hydrogens is 258 g/mol. The lowest BCUT2D eigenvalue weighted by Gasteiger charge is -2.08. The molecule has 0 spiro atoms. The molecule has 1 N–H and O–H groups in total. The maximum atomic E-state index is 7.93. The zero-order chi connectivity index (χ0) is 16.5. The Morgan fingerprint density at radius 2 is 2.19 bits per heavy atom. The summed E-state index contributed by atoms with van der Waals surface area (Å²) in [6.07, 6.45) is 2.66. The third-order valence-electron chi connectivity index (χ3n) is 4.39. The van der Waals surface area contributed by atoms with Gasteiger partial charge in [0.15, 0.2) is 0 Å². The summed E-state index contributed by atoms with van der Waals surface area (Å²) in [5.74, 6) is 0.952. The number of nitrogens with zero attached hydrogens (tertiary/aromatic N) is 2. The average Bonchev–Trinajstić information content (AvgIpc) is 3.01. The van der Waals surface area contributed by atoms with Crippen LogP contribution >= 0.6 is 0 Å². The van der Waals surface area contributed by atoms with Gasteiger partial charge in [0.2, 0.25) is 0 Å². The molecule has 102 valence electrons. The SMILES string of the molecule is [2H]C([2H])([2H])c1cccc2c1=C1CC(NC=2)c2nc3ccccc3n21. The van der Waals surface area contributed by atoms with E-state index < -0.39 is 6.85 Å². The molecule has 21 heavy (non-hydrogen) atoms. The fourth-order valence-electron chi connectivity index (χ4n) is 3.49. The van der Waals surface area contributed by atoms with Crippen LogP contribution in [-0.4, -0.2) is 9.55 Å². The second-order valence-corrected chi connectivity index (χ2v) is 5.58. The average molecular weight is 276 g/mol. The Bertz CT molecular complexity index is 1110. The molecule has 0 amide bonds. The van der Waals surface area contributed by atoms with E-state index in [1.54, 1.807) is 6.07 Å². The maximum absolute atomic E-state index is 7.93. The lowest BCUT2D eigenvalue weighted by atomic mass is 10.1. The second kappa shape index (κ2) is 3.76. The van der Waals surface area contributed by atoms with Gasteiger partial charge >= 0.3 is 0 Å². The normalized spacial score (nSPS) is 21.4. The first-order valence-corrected chi connectivity index (χ1v) is 7.11. The van der Waals surface area contributed by atoms with Crippen molar-refractivity contribution < 1.29 is 4.11 Å². The van der Waals surface area contributed by atoms with Crippen LogP contribution in [0.2, 0.25) is 0 Å². The third-order valence-corrected chi connectivity index (χ3v) is 4.39. The van der Waals surface area contributed by atoms with Gasteiger partial charge in [-0.3, -0.25) is 4.57 Å². The fourth-order valence-corrected chi connectivity index (χ4v) is 3.49. The molecule has 0 radical (unpaired) electrons. The van der Waals surface area contributed by atoms with Crippen LogP contribution in [-0.2, 0) is 0 Å². The van der Waals surface area contributed by atoms with Crippen molar-refractivity contribution in [3.05, 3.63) is 64.3 Å². The lowest BCUT2D eigenvalue weighted by molar-refractivity contribution is 0.663. The van der Waals surface area contributed by atoms with E-state index in [4.69, 9.17) is 9.10 Å². The van der Waals surface area contributed by atoms with Crippen LogP contribution in [0.1, 0.15) is 28.0 Å². The monoisotopic (exact) mass is 276 g/mol. The van der Waals surface area contributed by atoms with Gasteiger partial charge in [0, 0.05) is 27.6 Å². The van der Waals surface area contributed by atoms with Crippen LogP contribution < -0.4 is 15.8 Å². The minimum absolute atomic E-state index is 0.0734. The molecule has 3 heteroatoms. The van der Waals surface area contributed by atoms with Gasteiger partial charge < -0.3 is 5.32 Å². The number of benzene rings is 2. The Hall–Kier alpha value is -2.55. The molecule has 1 atom stereocenters. The molecule has 3 aromatic rings. The van der Waals surface area contributed by atoms with Crippen molar-refractivity contribution >= 4 is 22.9 Å². The number of nitrogens with one attached hydrogen (secondary N) is 1. The Balaban J connectivity index is 2.00. The van der Waals surface area contributed by atoms with Crippen molar-refractivity contribution in [2.75, 3.05) is 0 Å². The van der Waals surface area contributed by atoms with E-state index in [9.17, 15) is 0 Å². The Morgan fingerprint density at radius 3 is 3.14 bits per heavy atom. The quantitative estimate of drug-likeness (QED) is 0.678. The van der Waals surface area contributed by atoms with Crippen LogP contribution in [0.15, 0.2) is 42.5 Å². The third kappa shape index (κ3) is 1.35. The van der Waals surface area contributed by atoms with Crippen molar-refractivity contribution in [1.82, 2.24) is 14.9 Å². The first kappa shape index (κ1) is 8.67. The predicted molar refractivity (Wildman–Crippen MR) is 83.9 cm³/mol. The van der Waals surface area contributed by atoms with E-state index >= 15 is 0 Å². The highest BCUT2D eigenvalue weighted by atomic mass is 15.2. The predicted octanol–water partition coefficient (Wildman–Crippen LogP) is 1.79. The summed E-state index contributed by atoms with van der Waals surface area (Å²) < 4.78 is 25.9. The van der Waals surface area contributed by atoms with Gasteiger partial charge in [0.05, 0.1) is 17.1 Å². The van der Waals surface area contributed by atoms with Crippen LogP contribution in [0, 0.1) is 6.85 Å². The summed E-state index contributed by atoms with van der Waals surface area (Å²) >= 11 is 0. The minimum Gasteiger partial charge on any atom is -0.380 e. The molecule has 2 aliphatic heterocycles. The van der Waals surface area contributed by atoms with E-state index in [0.717, 1.165) is 39.4 Å². The van der Waals surface area contributed by atoms with Gasteiger partial charge in [-0.2, -0.15) is 0 Å². The number of aromatic nitrogens is 2. The molecule has 0 aliphatic carbocycles. The molecule has 1 unspecified atom stereocenters. The number of imidazole rings is 1. The van der Waals surface area contributed by atoms with Crippen molar-refractivity contribution in [3.8, 4) is 0 Å². The molecule has 1 aromatic heterocycles. The van der Waals surface area contributed by atoms with Gasteiger partial charge in [0.25, 0.3) is 0 Å². The number of fused-ring (bicyclic) bond motifs is 8. The summed E-state index contributed by atoms with van der Waals surface area (Å²) in [5, 5.41) is 5.15. The van der Waals surface area contributed by atoms with Crippen LogP contribution in [0.3, 0.4) is 0 Å². The van der Waals surface area contributed by atoms with E-state index in [-0.39, 0.29) is 6.04 Å². The molecule has 0 fully saturated rings. The van der Waals surface area contributed by atoms with E-state index in [1.165, 1.54) is 0 Å². The fraction of sp³-hybridized carbons (Fsp3) is 0.167. The first-order chi connectivity index (χ1) is 11.5. The molecule has 0 saturated heterocycles. The second-order valence-electron chi connectivity index (χ2n) is 5.58. The summed E-state index contributed by atoms with van der Waals surface area (Å²) in [7, 11) is 0. The zero-order valence-corrected chi connectivity index (χ0v) is 11.3. The smallest absolute Gasteiger partial charge is 0.137 e. The van der Waals surface area contributed by atoms with Crippen LogP contribution in [0.4, 0.5) is 0 Å². The first-order valence-electron chi connectivity index (χ1n) is 8.61. The lowest BCUT2D eigenvalue weighted by Crippen LogP contribution is -2.32. The topological polar surface area (TPSA) is 29.9 Å². The van der Waals surface area contributed by atoms with Crippen molar-refractivity contribution in [3.63, 3.8) is 0 Å². The maximum Gasteiger partial charge on any atom is 0.137 e. The van der Waals surface area contributed by atoms with Gasteiger partial charge in [0.1, 0.15) is 5.82 Å². The standard InChI is InChI=1S/C18H15N3/c1-11-5-4-6-12-10-19-14-9-16(17(11)12)21-15-8-3-2-7-13(15)20-18(14)21/h2-8,10,14,19H,9H2,1H3/i1D3. The molecule has 2 aliphatic rings. The molecular formula is C18H15N3.